The maximum Gasteiger partial charge on any atom is 0.331 e. The number of nitrogens with zero attached hydrogens (tertiary/aromatic N) is 2. The molecule has 0 atom stereocenters. The fourth-order valence-electron chi connectivity index (χ4n) is 4.41. The SMILES string of the molecule is CCn1c2ccc(C(=O)c3cccs3)cc2c2cc(/C(Cc3ccccc3)=N/OC(C)=O)ccc21. The number of aromatic nitrogens is 1. The van der Waals surface area contributed by atoms with Crippen LogP contribution in [0.3, 0.4) is 0 Å². The molecule has 0 bridgehead atoms. The molecule has 0 aliphatic heterocycles. The van der Waals surface area contributed by atoms with Crippen molar-refractivity contribution in [1.29, 1.82) is 0 Å². The minimum Gasteiger partial charge on any atom is -0.341 e. The normalized spacial score (nSPS) is 11.8. The molecule has 0 amide bonds. The molecule has 0 aliphatic carbocycles. The summed E-state index contributed by atoms with van der Waals surface area (Å²) in [5.74, 6) is -0.437. The molecule has 0 saturated carbocycles. The van der Waals surface area contributed by atoms with Gasteiger partial charge >= 0.3 is 5.97 Å². The Labute approximate surface area is 207 Å². The van der Waals surface area contributed by atoms with Gasteiger partial charge in [-0.15, -0.1) is 11.3 Å². The zero-order valence-electron chi connectivity index (χ0n) is 19.5. The summed E-state index contributed by atoms with van der Waals surface area (Å²) >= 11 is 1.45. The number of carbonyl (C=O) groups excluding carboxylic acids is 2. The van der Waals surface area contributed by atoms with E-state index in [1.807, 2.05) is 72.1 Å². The zero-order chi connectivity index (χ0) is 24.4. The molecule has 0 spiro atoms. The number of rotatable bonds is 7. The Morgan fingerprint density at radius 1 is 0.886 bits per heavy atom. The fourth-order valence-corrected chi connectivity index (χ4v) is 5.10. The molecule has 5 aromatic rings. The van der Waals surface area contributed by atoms with E-state index in [0.717, 1.165) is 44.4 Å². The highest BCUT2D eigenvalue weighted by Crippen LogP contribution is 2.32. The lowest BCUT2D eigenvalue weighted by Gasteiger charge is -2.08. The van der Waals surface area contributed by atoms with E-state index in [2.05, 4.69) is 28.8 Å². The molecule has 0 fully saturated rings. The van der Waals surface area contributed by atoms with Crippen LogP contribution in [0.25, 0.3) is 21.8 Å². The van der Waals surface area contributed by atoms with Gasteiger partial charge in [0.05, 0.1) is 10.6 Å². The van der Waals surface area contributed by atoms with Crippen LogP contribution in [0.5, 0.6) is 0 Å². The minimum absolute atomic E-state index is 0.0247. The monoisotopic (exact) mass is 480 g/mol. The molecule has 0 aliphatic rings. The van der Waals surface area contributed by atoms with Crippen LogP contribution in [0, 0.1) is 0 Å². The van der Waals surface area contributed by atoms with Crippen molar-refractivity contribution in [1.82, 2.24) is 4.57 Å². The first-order valence-electron chi connectivity index (χ1n) is 11.5. The minimum atomic E-state index is -0.462. The molecule has 5 rings (SSSR count). The third kappa shape index (κ3) is 4.53. The lowest BCUT2D eigenvalue weighted by molar-refractivity contribution is -0.140. The number of fused-ring (bicyclic) bond motifs is 3. The Morgan fingerprint density at radius 3 is 2.20 bits per heavy atom. The summed E-state index contributed by atoms with van der Waals surface area (Å²) in [4.78, 5) is 30.3. The van der Waals surface area contributed by atoms with Crippen molar-refractivity contribution >= 4 is 50.6 Å². The Balaban J connectivity index is 1.65. The van der Waals surface area contributed by atoms with Crippen molar-refractivity contribution in [2.45, 2.75) is 26.8 Å². The number of hydrogen-bond donors (Lipinski definition) is 0. The highest BCUT2D eigenvalue weighted by atomic mass is 32.1. The molecule has 0 N–H and O–H groups in total. The lowest BCUT2D eigenvalue weighted by atomic mass is 9.99. The van der Waals surface area contributed by atoms with Crippen LogP contribution in [-0.4, -0.2) is 22.0 Å². The second-order valence-electron chi connectivity index (χ2n) is 8.30. The van der Waals surface area contributed by atoms with Crippen LogP contribution in [0.1, 0.15) is 40.2 Å². The highest BCUT2D eigenvalue weighted by molar-refractivity contribution is 7.12. The smallest absolute Gasteiger partial charge is 0.331 e. The van der Waals surface area contributed by atoms with Gasteiger partial charge in [0.15, 0.2) is 0 Å². The van der Waals surface area contributed by atoms with Crippen molar-refractivity contribution in [2.24, 2.45) is 5.16 Å². The number of hydrogen-bond acceptors (Lipinski definition) is 5. The van der Waals surface area contributed by atoms with Gasteiger partial charge in [-0.2, -0.15) is 0 Å². The molecule has 6 heteroatoms. The largest absolute Gasteiger partial charge is 0.341 e. The summed E-state index contributed by atoms with van der Waals surface area (Å²) in [7, 11) is 0. The number of aryl methyl sites for hydroxylation is 1. The molecule has 0 unspecified atom stereocenters. The summed E-state index contributed by atoms with van der Waals surface area (Å²) < 4.78 is 2.24. The van der Waals surface area contributed by atoms with Crippen molar-refractivity contribution < 1.29 is 14.4 Å². The van der Waals surface area contributed by atoms with Crippen LogP contribution >= 0.6 is 11.3 Å². The van der Waals surface area contributed by atoms with E-state index >= 15 is 0 Å². The van der Waals surface area contributed by atoms with Gasteiger partial charge in [-0.3, -0.25) is 4.79 Å². The maximum atomic E-state index is 13.0. The number of benzene rings is 3. The van der Waals surface area contributed by atoms with Crippen molar-refractivity contribution in [2.75, 3.05) is 0 Å². The summed E-state index contributed by atoms with van der Waals surface area (Å²) in [5.41, 5.74) is 5.42. The average Bonchev–Trinajstić information content (AvgIpc) is 3.52. The summed E-state index contributed by atoms with van der Waals surface area (Å²) in [6.45, 7) is 4.25. The van der Waals surface area contributed by atoms with Gasteiger partial charge in [0.2, 0.25) is 5.78 Å². The topological polar surface area (TPSA) is 60.7 Å². The molecule has 35 heavy (non-hydrogen) atoms. The van der Waals surface area contributed by atoms with Crippen LogP contribution in [0.4, 0.5) is 0 Å². The summed E-state index contributed by atoms with van der Waals surface area (Å²) in [6, 6.07) is 25.8. The van der Waals surface area contributed by atoms with Gasteiger partial charge in [-0.25, -0.2) is 4.79 Å². The van der Waals surface area contributed by atoms with E-state index in [1.165, 1.54) is 18.3 Å². The van der Waals surface area contributed by atoms with Gasteiger partial charge < -0.3 is 9.40 Å². The number of oxime groups is 1. The van der Waals surface area contributed by atoms with Crippen molar-refractivity contribution in [3.05, 3.63) is 106 Å². The van der Waals surface area contributed by atoms with Gasteiger partial charge in [0.1, 0.15) is 0 Å². The standard InChI is InChI=1S/C29H24N2O3S/c1-3-31-26-13-11-21(25(30-34-19(2)32)16-20-8-5-4-6-9-20)17-23(26)24-18-22(12-14-27(24)31)29(33)28-10-7-15-35-28/h4-15,17-18H,3,16H2,1-2H3/b30-25+. The molecule has 3 aromatic carbocycles. The third-order valence-electron chi connectivity index (χ3n) is 6.02. The third-order valence-corrected chi connectivity index (χ3v) is 6.89. The molecule has 0 saturated heterocycles. The van der Waals surface area contributed by atoms with E-state index < -0.39 is 5.97 Å². The second kappa shape index (κ2) is 9.68. The fraction of sp³-hybridized carbons (Fsp3) is 0.138. The number of ketones is 1. The number of carbonyl (C=O) groups is 2. The van der Waals surface area contributed by atoms with Crippen molar-refractivity contribution in [3.63, 3.8) is 0 Å². The van der Waals surface area contributed by atoms with Crippen LogP contribution in [0.2, 0.25) is 0 Å². The number of thiophene rings is 1. The van der Waals surface area contributed by atoms with E-state index in [0.29, 0.717) is 17.7 Å². The quantitative estimate of drug-likeness (QED) is 0.114. The van der Waals surface area contributed by atoms with E-state index in [4.69, 9.17) is 4.84 Å². The summed E-state index contributed by atoms with van der Waals surface area (Å²) in [6.07, 6.45) is 0.522. The molecule has 174 valence electrons. The second-order valence-corrected chi connectivity index (χ2v) is 9.25. The van der Waals surface area contributed by atoms with E-state index in [9.17, 15) is 9.59 Å². The highest BCUT2D eigenvalue weighted by Gasteiger charge is 2.17. The Kier molecular flexibility index (Phi) is 6.29. The Bertz CT molecular complexity index is 1560. The van der Waals surface area contributed by atoms with Crippen LogP contribution in [-0.2, 0) is 22.6 Å². The van der Waals surface area contributed by atoms with Crippen molar-refractivity contribution in [3.8, 4) is 0 Å². The van der Waals surface area contributed by atoms with Gasteiger partial charge in [0.25, 0.3) is 0 Å². The molecule has 2 aromatic heterocycles. The van der Waals surface area contributed by atoms with E-state index in [1.54, 1.807) is 0 Å². The first-order valence-corrected chi connectivity index (χ1v) is 12.4. The molecule has 5 nitrogen and oxygen atoms in total. The van der Waals surface area contributed by atoms with Gasteiger partial charge in [-0.05, 0) is 54.3 Å². The first-order chi connectivity index (χ1) is 17.0. The predicted molar refractivity (Wildman–Crippen MR) is 141 cm³/mol. The Morgan fingerprint density at radius 2 is 1.57 bits per heavy atom. The van der Waals surface area contributed by atoms with Crippen LogP contribution < -0.4 is 0 Å². The zero-order valence-corrected chi connectivity index (χ0v) is 20.3. The van der Waals surface area contributed by atoms with Gasteiger partial charge in [-0.1, -0.05) is 47.6 Å². The molecule has 2 heterocycles. The molecular weight excluding hydrogens is 456 g/mol. The van der Waals surface area contributed by atoms with Crippen LogP contribution in [0.15, 0.2) is 89.4 Å². The molecule has 0 radical (unpaired) electrons. The lowest BCUT2D eigenvalue weighted by Crippen LogP contribution is -2.08. The maximum absolute atomic E-state index is 13.0. The summed E-state index contributed by atoms with van der Waals surface area (Å²) in [5, 5.41) is 8.15. The van der Waals surface area contributed by atoms with E-state index in [-0.39, 0.29) is 5.78 Å². The van der Waals surface area contributed by atoms with Gasteiger partial charge in [0, 0.05) is 52.8 Å². The predicted octanol–water partition coefficient (Wildman–Crippen LogP) is 6.62. The molecular formula is C29H24N2O3S. The first kappa shape index (κ1) is 22.7. The average molecular weight is 481 g/mol. The Hall–Kier alpha value is -4.03.